The Bertz CT molecular complexity index is 488. The van der Waals surface area contributed by atoms with Gasteiger partial charge in [-0.2, -0.15) is 0 Å². The highest BCUT2D eigenvalue weighted by Crippen LogP contribution is 2.29. The minimum Gasteiger partial charge on any atom is -0.506 e. The van der Waals surface area contributed by atoms with E-state index in [1.54, 1.807) is 24.7 Å². The van der Waals surface area contributed by atoms with E-state index in [9.17, 15) is 5.11 Å². The van der Waals surface area contributed by atoms with Crippen LogP contribution in [0.5, 0.6) is 5.75 Å². The van der Waals surface area contributed by atoms with E-state index in [-0.39, 0.29) is 5.75 Å². The molecular weight excluding hydrogens is 218 g/mol. The van der Waals surface area contributed by atoms with Crippen molar-refractivity contribution in [3.63, 3.8) is 0 Å². The molecule has 2 heterocycles. The van der Waals surface area contributed by atoms with Crippen LogP contribution in [0.25, 0.3) is 11.4 Å². The molecule has 0 fully saturated rings. The molecule has 1 N–H and O–H groups in total. The summed E-state index contributed by atoms with van der Waals surface area (Å²) in [6.45, 7) is 2.89. The molecule has 0 aliphatic carbocycles. The molecule has 0 saturated heterocycles. The first-order chi connectivity index (χ1) is 8.33. The van der Waals surface area contributed by atoms with Crippen molar-refractivity contribution in [2.24, 2.45) is 0 Å². The monoisotopic (exact) mass is 231 g/mol. The predicted octanol–water partition coefficient (Wildman–Crippen LogP) is 1.78. The maximum atomic E-state index is 9.85. The lowest BCUT2D eigenvalue weighted by Crippen LogP contribution is -1.98. The Hall–Kier alpha value is -2.01. The van der Waals surface area contributed by atoms with Gasteiger partial charge in [-0.25, -0.2) is 9.97 Å². The van der Waals surface area contributed by atoms with Crippen LogP contribution in [-0.2, 0) is 11.3 Å². The summed E-state index contributed by atoms with van der Waals surface area (Å²) in [4.78, 5) is 12.2. The number of rotatable bonds is 4. The second kappa shape index (κ2) is 5.36. The number of nitrogens with zero attached hydrogens (tertiary/aromatic N) is 3. The van der Waals surface area contributed by atoms with Gasteiger partial charge in [0.15, 0.2) is 5.82 Å². The zero-order valence-electron chi connectivity index (χ0n) is 9.50. The standard InChI is InChI=1S/C12H13N3O2/c1-2-17-8-9-6-13-7-10(16)11(9)12-14-4-3-5-15-12/h3-7,16H,2,8H2,1H3. The van der Waals surface area contributed by atoms with Crippen molar-refractivity contribution < 1.29 is 9.84 Å². The Morgan fingerprint density at radius 3 is 2.71 bits per heavy atom. The predicted molar refractivity (Wildman–Crippen MR) is 62.3 cm³/mol. The second-order valence-electron chi connectivity index (χ2n) is 3.40. The molecule has 0 aliphatic heterocycles. The van der Waals surface area contributed by atoms with Crippen LogP contribution in [0.3, 0.4) is 0 Å². The van der Waals surface area contributed by atoms with Crippen molar-refractivity contribution in [1.82, 2.24) is 15.0 Å². The van der Waals surface area contributed by atoms with E-state index in [4.69, 9.17) is 4.74 Å². The number of hydrogen-bond donors (Lipinski definition) is 1. The fraction of sp³-hybridized carbons (Fsp3) is 0.250. The van der Waals surface area contributed by atoms with Crippen molar-refractivity contribution >= 4 is 0 Å². The zero-order chi connectivity index (χ0) is 12.1. The van der Waals surface area contributed by atoms with Crippen LogP contribution in [0.4, 0.5) is 0 Å². The fourth-order valence-electron chi connectivity index (χ4n) is 1.50. The van der Waals surface area contributed by atoms with E-state index in [1.807, 2.05) is 6.92 Å². The first-order valence-electron chi connectivity index (χ1n) is 5.34. The van der Waals surface area contributed by atoms with Gasteiger partial charge in [-0.05, 0) is 13.0 Å². The van der Waals surface area contributed by atoms with Gasteiger partial charge in [0, 0.05) is 30.8 Å². The van der Waals surface area contributed by atoms with Crippen molar-refractivity contribution in [2.45, 2.75) is 13.5 Å². The highest BCUT2D eigenvalue weighted by atomic mass is 16.5. The van der Waals surface area contributed by atoms with Gasteiger partial charge < -0.3 is 9.84 Å². The maximum absolute atomic E-state index is 9.85. The topological polar surface area (TPSA) is 68.1 Å². The average Bonchev–Trinajstić information content (AvgIpc) is 2.37. The number of ether oxygens (including phenoxy) is 1. The molecule has 5 nitrogen and oxygen atoms in total. The minimum atomic E-state index is 0.0633. The maximum Gasteiger partial charge on any atom is 0.163 e. The molecule has 0 aliphatic rings. The van der Waals surface area contributed by atoms with E-state index in [0.29, 0.717) is 24.6 Å². The fourth-order valence-corrected chi connectivity index (χ4v) is 1.50. The Kier molecular flexibility index (Phi) is 3.62. The van der Waals surface area contributed by atoms with Gasteiger partial charge in [-0.15, -0.1) is 0 Å². The molecule has 0 saturated carbocycles. The molecule has 0 spiro atoms. The Labute approximate surface area is 99.2 Å². The van der Waals surface area contributed by atoms with Gasteiger partial charge in [-0.3, -0.25) is 4.98 Å². The Morgan fingerprint density at radius 1 is 1.24 bits per heavy atom. The summed E-state index contributed by atoms with van der Waals surface area (Å²) < 4.78 is 5.33. The summed E-state index contributed by atoms with van der Waals surface area (Å²) in [6, 6.07) is 1.73. The highest BCUT2D eigenvalue weighted by molar-refractivity contribution is 5.66. The molecule has 5 heteroatoms. The third-order valence-corrected chi connectivity index (χ3v) is 2.26. The number of hydrogen-bond acceptors (Lipinski definition) is 5. The molecule has 2 aromatic heterocycles. The third-order valence-electron chi connectivity index (χ3n) is 2.26. The molecule has 0 bridgehead atoms. The number of pyridine rings is 1. The average molecular weight is 231 g/mol. The first-order valence-corrected chi connectivity index (χ1v) is 5.34. The van der Waals surface area contributed by atoms with Crippen molar-refractivity contribution in [2.75, 3.05) is 6.61 Å². The SMILES string of the molecule is CCOCc1cncc(O)c1-c1ncccn1. The molecule has 0 amide bonds. The summed E-state index contributed by atoms with van der Waals surface area (Å²) in [6.07, 6.45) is 6.29. The van der Waals surface area contributed by atoms with Crippen LogP contribution in [0.1, 0.15) is 12.5 Å². The summed E-state index contributed by atoms with van der Waals surface area (Å²) in [7, 11) is 0. The van der Waals surface area contributed by atoms with E-state index < -0.39 is 0 Å². The second-order valence-corrected chi connectivity index (χ2v) is 3.40. The molecule has 0 aromatic carbocycles. The van der Waals surface area contributed by atoms with Crippen LogP contribution >= 0.6 is 0 Å². The van der Waals surface area contributed by atoms with Crippen LogP contribution in [0.2, 0.25) is 0 Å². The molecule has 0 radical (unpaired) electrons. The van der Waals surface area contributed by atoms with Gasteiger partial charge in [0.05, 0.1) is 18.4 Å². The zero-order valence-corrected chi connectivity index (χ0v) is 9.50. The van der Waals surface area contributed by atoms with Gasteiger partial charge in [0.25, 0.3) is 0 Å². The van der Waals surface area contributed by atoms with Crippen LogP contribution in [-0.4, -0.2) is 26.7 Å². The minimum absolute atomic E-state index is 0.0633. The van der Waals surface area contributed by atoms with Gasteiger partial charge >= 0.3 is 0 Å². The highest BCUT2D eigenvalue weighted by Gasteiger charge is 2.13. The molecule has 88 valence electrons. The smallest absolute Gasteiger partial charge is 0.163 e. The lowest BCUT2D eigenvalue weighted by atomic mass is 10.1. The quantitative estimate of drug-likeness (QED) is 0.868. The van der Waals surface area contributed by atoms with Gasteiger partial charge in [0.1, 0.15) is 5.75 Å². The van der Waals surface area contributed by atoms with E-state index in [2.05, 4.69) is 15.0 Å². The molecule has 17 heavy (non-hydrogen) atoms. The van der Waals surface area contributed by atoms with Gasteiger partial charge in [0.2, 0.25) is 0 Å². The molecule has 0 unspecified atom stereocenters. The van der Waals surface area contributed by atoms with Crippen LogP contribution < -0.4 is 0 Å². The summed E-state index contributed by atoms with van der Waals surface area (Å²) >= 11 is 0. The summed E-state index contributed by atoms with van der Waals surface area (Å²) in [5, 5.41) is 9.85. The first kappa shape index (κ1) is 11.5. The summed E-state index contributed by atoms with van der Waals surface area (Å²) in [5.74, 6) is 0.538. The largest absolute Gasteiger partial charge is 0.506 e. The third kappa shape index (κ3) is 2.57. The van der Waals surface area contributed by atoms with E-state index in [0.717, 1.165) is 5.56 Å². The molecule has 2 aromatic rings. The number of aromatic nitrogens is 3. The van der Waals surface area contributed by atoms with Crippen LogP contribution in [0.15, 0.2) is 30.9 Å². The number of aromatic hydroxyl groups is 1. The van der Waals surface area contributed by atoms with Crippen molar-refractivity contribution in [3.05, 3.63) is 36.4 Å². The van der Waals surface area contributed by atoms with Crippen LogP contribution in [0, 0.1) is 0 Å². The molecular formula is C12H13N3O2. The molecule has 0 atom stereocenters. The lowest BCUT2D eigenvalue weighted by Gasteiger charge is -2.09. The summed E-state index contributed by atoms with van der Waals surface area (Å²) in [5.41, 5.74) is 1.35. The van der Waals surface area contributed by atoms with E-state index >= 15 is 0 Å². The van der Waals surface area contributed by atoms with E-state index in [1.165, 1.54) is 6.20 Å². The Morgan fingerprint density at radius 2 is 2.00 bits per heavy atom. The normalized spacial score (nSPS) is 10.4. The lowest BCUT2D eigenvalue weighted by molar-refractivity contribution is 0.134. The van der Waals surface area contributed by atoms with Crippen molar-refractivity contribution in [1.29, 1.82) is 0 Å². The van der Waals surface area contributed by atoms with Gasteiger partial charge in [-0.1, -0.05) is 0 Å². The Balaban J connectivity index is 2.44. The van der Waals surface area contributed by atoms with Crippen molar-refractivity contribution in [3.8, 4) is 17.1 Å². The molecule has 2 rings (SSSR count).